The van der Waals surface area contributed by atoms with Gasteiger partial charge in [0.05, 0.1) is 0 Å². The average molecular weight is 315 g/mol. The molecule has 1 aromatic heterocycles. The Kier molecular flexibility index (Phi) is 3.20. The van der Waals surface area contributed by atoms with E-state index in [1.807, 2.05) is 6.20 Å². The number of hydrogen-bond donors (Lipinski definition) is 0. The smallest absolute Gasteiger partial charge is 0.0413 e. The molecule has 2 aliphatic carbocycles. The molecule has 2 aliphatic rings. The number of fused-ring (bicyclic) bond motifs is 2. The maximum atomic E-state index is 6.30. The molecule has 1 heterocycles. The topological polar surface area (TPSA) is 12.9 Å². The second kappa shape index (κ2) is 4.55. The summed E-state index contributed by atoms with van der Waals surface area (Å²) in [6.07, 6.45) is 8.49. The molecule has 0 saturated heterocycles. The third-order valence-electron chi connectivity index (χ3n) is 4.69. The van der Waals surface area contributed by atoms with Crippen LogP contribution >= 0.6 is 27.5 Å². The van der Waals surface area contributed by atoms with Gasteiger partial charge in [-0.1, -0.05) is 6.42 Å². The first-order chi connectivity index (χ1) is 8.22. The lowest BCUT2D eigenvalue weighted by Gasteiger charge is -2.35. The Hall–Kier alpha value is -0.0800. The summed E-state index contributed by atoms with van der Waals surface area (Å²) >= 11 is 9.74. The van der Waals surface area contributed by atoms with Gasteiger partial charge in [-0.3, -0.25) is 4.98 Å². The minimum absolute atomic E-state index is 0.339. The van der Waals surface area contributed by atoms with Crippen molar-refractivity contribution >= 4 is 27.5 Å². The van der Waals surface area contributed by atoms with Crippen molar-refractivity contribution in [2.24, 2.45) is 17.3 Å². The van der Waals surface area contributed by atoms with E-state index in [9.17, 15) is 0 Å². The van der Waals surface area contributed by atoms with Gasteiger partial charge in [0.15, 0.2) is 0 Å². The van der Waals surface area contributed by atoms with E-state index in [2.05, 4.69) is 33.0 Å². The summed E-state index contributed by atoms with van der Waals surface area (Å²) in [6, 6.07) is 4.21. The Balaban J connectivity index is 1.80. The van der Waals surface area contributed by atoms with Gasteiger partial charge in [0.25, 0.3) is 0 Å². The van der Waals surface area contributed by atoms with Crippen LogP contribution in [0.2, 0.25) is 0 Å². The minimum Gasteiger partial charge on any atom is -0.260 e. The molecule has 3 unspecified atom stereocenters. The maximum Gasteiger partial charge on any atom is 0.0413 e. The van der Waals surface area contributed by atoms with E-state index in [0.717, 1.165) is 28.6 Å². The molecule has 0 radical (unpaired) electrons. The molecular weight excluding hydrogens is 298 g/mol. The molecule has 0 aliphatic heterocycles. The van der Waals surface area contributed by atoms with Crippen LogP contribution in [0.25, 0.3) is 0 Å². The number of halogens is 2. The van der Waals surface area contributed by atoms with Crippen LogP contribution in [0.1, 0.15) is 31.4 Å². The highest BCUT2D eigenvalue weighted by Crippen LogP contribution is 2.57. The summed E-state index contributed by atoms with van der Waals surface area (Å²) < 4.78 is 1.05. The third-order valence-corrected chi connectivity index (χ3v) is 5.69. The van der Waals surface area contributed by atoms with Gasteiger partial charge in [-0.25, -0.2) is 0 Å². The van der Waals surface area contributed by atoms with Crippen LogP contribution < -0.4 is 0 Å². The monoisotopic (exact) mass is 313 g/mol. The predicted molar refractivity (Wildman–Crippen MR) is 74.2 cm³/mol. The van der Waals surface area contributed by atoms with Crippen LogP contribution in [0.15, 0.2) is 22.8 Å². The van der Waals surface area contributed by atoms with Crippen molar-refractivity contribution < 1.29 is 0 Å². The second-order valence-corrected chi connectivity index (χ2v) is 6.90. The first-order valence-corrected chi connectivity index (χ1v) is 7.71. The maximum absolute atomic E-state index is 6.30. The number of aromatic nitrogens is 1. The highest BCUT2D eigenvalue weighted by atomic mass is 79.9. The van der Waals surface area contributed by atoms with E-state index >= 15 is 0 Å². The number of pyridine rings is 1. The van der Waals surface area contributed by atoms with E-state index in [1.54, 1.807) is 0 Å². The standard InChI is InChI=1S/C14H17BrClN/c15-12-3-4-13(17-8-12)7-14(9-16)6-10-1-2-11(14)5-10/h3-4,8,10-11H,1-2,5-7,9H2. The minimum atomic E-state index is 0.339. The first kappa shape index (κ1) is 12.0. The Morgan fingerprint density at radius 2 is 2.29 bits per heavy atom. The van der Waals surface area contributed by atoms with Gasteiger partial charge >= 0.3 is 0 Å². The number of alkyl halides is 1. The highest BCUT2D eigenvalue weighted by molar-refractivity contribution is 9.10. The molecule has 3 heteroatoms. The van der Waals surface area contributed by atoms with Gasteiger partial charge in [-0.05, 0) is 71.0 Å². The lowest BCUT2D eigenvalue weighted by molar-refractivity contribution is 0.191. The predicted octanol–water partition coefficient (Wildman–Crippen LogP) is 4.43. The van der Waals surface area contributed by atoms with Crippen molar-refractivity contribution in [1.29, 1.82) is 0 Å². The molecule has 0 N–H and O–H groups in total. The van der Waals surface area contributed by atoms with Crippen LogP contribution in [-0.4, -0.2) is 10.9 Å². The van der Waals surface area contributed by atoms with Gasteiger partial charge in [0, 0.05) is 22.2 Å². The Labute approximate surface area is 116 Å². The zero-order valence-corrected chi connectivity index (χ0v) is 12.2. The third kappa shape index (κ3) is 2.15. The van der Waals surface area contributed by atoms with Crippen molar-refractivity contribution in [3.05, 3.63) is 28.5 Å². The molecule has 0 aromatic carbocycles. The fraction of sp³-hybridized carbons (Fsp3) is 0.643. The highest BCUT2D eigenvalue weighted by Gasteiger charge is 2.50. The molecule has 92 valence electrons. The fourth-order valence-electron chi connectivity index (χ4n) is 3.86. The summed E-state index contributed by atoms with van der Waals surface area (Å²) in [5, 5.41) is 0. The van der Waals surface area contributed by atoms with Gasteiger partial charge < -0.3 is 0 Å². The van der Waals surface area contributed by atoms with E-state index in [1.165, 1.54) is 31.4 Å². The van der Waals surface area contributed by atoms with E-state index < -0.39 is 0 Å². The normalized spacial score (nSPS) is 35.4. The lowest BCUT2D eigenvalue weighted by Crippen LogP contribution is -2.32. The van der Waals surface area contributed by atoms with Crippen LogP contribution in [-0.2, 0) is 6.42 Å². The first-order valence-electron chi connectivity index (χ1n) is 6.38. The Bertz CT molecular complexity index is 405. The fourth-order valence-corrected chi connectivity index (χ4v) is 4.51. The summed E-state index contributed by atoms with van der Waals surface area (Å²) in [5.41, 5.74) is 1.53. The second-order valence-electron chi connectivity index (χ2n) is 5.72. The van der Waals surface area contributed by atoms with Gasteiger partial charge in [-0.2, -0.15) is 0 Å². The summed E-state index contributed by atoms with van der Waals surface area (Å²) in [5.74, 6) is 2.58. The molecule has 1 aromatic rings. The largest absolute Gasteiger partial charge is 0.260 e. The molecule has 0 amide bonds. The van der Waals surface area contributed by atoms with Crippen molar-refractivity contribution in [1.82, 2.24) is 4.98 Å². The zero-order chi connectivity index (χ0) is 11.9. The number of rotatable bonds is 3. The quantitative estimate of drug-likeness (QED) is 0.752. The van der Waals surface area contributed by atoms with Crippen LogP contribution in [0.4, 0.5) is 0 Å². The molecule has 2 saturated carbocycles. The lowest BCUT2D eigenvalue weighted by atomic mass is 9.71. The number of nitrogens with zero attached hydrogens (tertiary/aromatic N) is 1. The summed E-state index contributed by atoms with van der Waals surface area (Å²) in [7, 11) is 0. The molecule has 3 rings (SSSR count). The van der Waals surface area contributed by atoms with Crippen molar-refractivity contribution in [2.75, 3.05) is 5.88 Å². The van der Waals surface area contributed by atoms with Crippen LogP contribution in [0, 0.1) is 17.3 Å². The molecule has 2 bridgehead atoms. The molecule has 2 fully saturated rings. The zero-order valence-electron chi connectivity index (χ0n) is 9.83. The van der Waals surface area contributed by atoms with E-state index in [-0.39, 0.29) is 0 Å². The average Bonchev–Trinajstić information content (AvgIpc) is 2.93. The summed E-state index contributed by atoms with van der Waals surface area (Å²) in [4.78, 5) is 4.51. The van der Waals surface area contributed by atoms with Crippen molar-refractivity contribution in [3.63, 3.8) is 0 Å². The summed E-state index contributed by atoms with van der Waals surface area (Å²) in [6.45, 7) is 0. The molecule has 1 nitrogen and oxygen atoms in total. The Morgan fingerprint density at radius 3 is 2.82 bits per heavy atom. The molecule has 3 atom stereocenters. The van der Waals surface area contributed by atoms with Crippen LogP contribution in [0.3, 0.4) is 0 Å². The van der Waals surface area contributed by atoms with E-state index in [0.29, 0.717) is 5.41 Å². The SMILES string of the molecule is ClCC1(Cc2ccc(Br)cn2)CC2CCC1C2. The van der Waals surface area contributed by atoms with Crippen molar-refractivity contribution in [3.8, 4) is 0 Å². The van der Waals surface area contributed by atoms with Crippen LogP contribution in [0.5, 0.6) is 0 Å². The molecule has 0 spiro atoms. The van der Waals surface area contributed by atoms with Crippen molar-refractivity contribution in [2.45, 2.75) is 32.1 Å². The van der Waals surface area contributed by atoms with Gasteiger partial charge in [-0.15, -0.1) is 11.6 Å². The molecule has 17 heavy (non-hydrogen) atoms. The van der Waals surface area contributed by atoms with Gasteiger partial charge in [0.2, 0.25) is 0 Å². The van der Waals surface area contributed by atoms with E-state index in [4.69, 9.17) is 11.6 Å². The molecular formula is C14H17BrClN. The Morgan fingerprint density at radius 1 is 1.41 bits per heavy atom. The van der Waals surface area contributed by atoms with Gasteiger partial charge in [0.1, 0.15) is 0 Å². The number of hydrogen-bond acceptors (Lipinski definition) is 1.